The molecule has 0 radical (unpaired) electrons. The van der Waals surface area contributed by atoms with Crippen LogP contribution in [0.2, 0.25) is 0 Å². The van der Waals surface area contributed by atoms with Gasteiger partial charge in [0, 0.05) is 12.8 Å². The molecule has 1 aromatic carbocycles. The van der Waals surface area contributed by atoms with Crippen molar-refractivity contribution in [2.45, 2.75) is 18.4 Å². The van der Waals surface area contributed by atoms with E-state index in [1.165, 1.54) is 0 Å². The van der Waals surface area contributed by atoms with Gasteiger partial charge < -0.3 is 15.6 Å². The van der Waals surface area contributed by atoms with Crippen molar-refractivity contribution in [3.8, 4) is 5.75 Å². The highest BCUT2D eigenvalue weighted by molar-refractivity contribution is 5.81. The van der Waals surface area contributed by atoms with Gasteiger partial charge in [0.15, 0.2) is 0 Å². The molecular formula is C11H13NO3. The number of methoxy groups -OCH3 is 1. The summed E-state index contributed by atoms with van der Waals surface area (Å²) in [6.07, 6.45) is 0.760. The molecular weight excluding hydrogens is 194 g/mol. The average molecular weight is 207 g/mol. The quantitative estimate of drug-likeness (QED) is 0.743. The van der Waals surface area contributed by atoms with Crippen molar-refractivity contribution >= 4 is 5.97 Å². The second kappa shape index (κ2) is 3.24. The summed E-state index contributed by atoms with van der Waals surface area (Å²) in [5, 5.41) is 9.01. The molecule has 1 aliphatic rings. The van der Waals surface area contributed by atoms with Crippen molar-refractivity contribution in [3.05, 3.63) is 29.3 Å². The molecule has 0 aromatic heterocycles. The SMILES string of the molecule is COc1ccc2c(c1)C[C@](N)(C(=O)O)C2. The normalized spacial score (nSPS) is 23.6. The number of carboxylic acids is 1. The highest BCUT2D eigenvalue weighted by Gasteiger charge is 2.40. The first kappa shape index (κ1) is 9.98. The Morgan fingerprint density at radius 2 is 2.13 bits per heavy atom. The number of ether oxygens (including phenoxy) is 1. The van der Waals surface area contributed by atoms with Gasteiger partial charge in [-0.2, -0.15) is 0 Å². The van der Waals surface area contributed by atoms with Gasteiger partial charge in [-0.05, 0) is 23.3 Å². The molecule has 4 nitrogen and oxygen atoms in total. The molecule has 1 aliphatic carbocycles. The van der Waals surface area contributed by atoms with Crippen LogP contribution in [0.5, 0.6) is 5.75 Å². The van der Waals surface area contributed by atoms with E-state index < -0.39 is 11.5 Å². The Hall–Kier alpha value is -1.55. The third kappa shape index (κ3) is 1.57. The molecule has 0 heterocycles. The highest BCUT2D eigenvalue weighted by Crippen LogP contribution is 2.31. The van der Waals surface area contributed by atoms with Gasteiger partial charge in [-0.1, -0.05) is 6.07 Å². The third-order valence-electron chi connectivity index (χ3n) is 2.85. The van der Waals surface area contributed by atoms with E-state index in [9.17, 15) is 4.79 Å². The Morgan fingerprint density at radius 1 is 1.47 bits per heavy atom. The number of carbonyl (C=O) groups is 1. The monoisotopic (exact) mass is 207 g/mol. The standard InChI is InChI=1S/C11H13NO3/c1-15-9-3-2-7-5-11(12,10(13)14)6-8(7)4-9/h2-4H,5-6,12H2,1H3,(H,13,14)/t11-/m0/s1. The van der Waals surface area contributed by atoms with Gasteiger partial charge in [0.05, 0.1) is 7.11 Å². The molecule has 0 spiro atoms. The zero-order valence-electron chi connectivity index (χ0n) is 8.49. The molecule has 0 fully saturated rings. The summed E-state index contributed by atoms with van der Waals surface area (Å²) in [7, 11) is 1.59. The summed E-state index contributed by atoms with van der Waals surface area (Å²) >= 11 is 0. The van der Waals surface area contributed by atoms with E-state index in [1.54, 1.807) is 7.11 Å². The number of carboxylic acid groups (broad SMARTS) is 1. The smallest absolute Gasteiger partial charge is 0.324 e. The lowest BCUT2D eigenvalue weighted by atomic mass is 9.98. The molecule has 0 amide bonds. The summed E-state index contributed by atoms with van der Waals surface area (Å²) in [6, 6.07) is 5.56. The zero-order chi connectivity index (χ0) is 11.1. The molecule has 80 valence electrons. The second-order valence-corrected chi connectivity index (χ2v) is 3.95. The molecule has 4 heteroatoms. The maximum Gasteiger partial charge on any atom is 0.324 e. The zero-order valence-corrected chi connectivity index (χ0v) is 8.49. The highest BCUT2D eigenvalue weighted by atomic mass is 16.5. The van der Waals surface area contributed by atoms with E-state index in [2.05, 4.69) is 0 Å². The summed E-state index contributed by atoms with van der Waals surface area (Å²) in [5.41, 5.74) is 6.63. The van der Waals surface area contributed by atoms with E-state index in [-0.39, 0.29) is 0 Å². The third-order valence-corrected chi connectivity index (χ3v) is 2.85. The number of fused-ring (bicyclic) bond motifs is 1. The van der Waals surface area contributed by atoms with Crippen molar-refractivity contribution in [3.63, 3.8) is 0 Å². The van der Waals surface area contributed by atoms with Gasteiger partial charge in [0.1, 0.15) is 11.3 Å². The van der Waals surface area contributed by atoms with Gasteiger partial charge in [0.25, 0.3) is 0 Å². The summed E-state index contributed by atoms with van der Waals surface area (Å²) < 4.78 is 5.08. The maximum atomic E-state index is 11.0. The first-order valence-electron chi connectivity index (χ1n) is 4.73. The van der Waals surface area contributed by atoms with Crippen LogP contribution in [0.3, 0.4) is 0 Å². The Morgan fingerprint density at radius 3 is 2.73 bits per heavy atom. The molecule has 1 aromatic rings. The molecule has 0 saturated heterocycles. The van der Waals surface area contributed by atoms with Crippen molar-refractivity contribution in [2.75, 3.05) is 7.11 Å². The number of benzene rings is 1. The summed E-state index contributed by atoms with van der Waals surface area (Å²) in [5.74, 6) is -0.207. The Bertz CT molecular complexity index is 416. The van der Waals surface area contributed by atoms with Crippen molar-refractivity contribution in [1.82, 2.24) is 0 Å². The molecule has 0 bridgehead atoms. The predicted octanol–water partition coefficient (Wildman–Crippen LogP) is 0.576. The topological polar surface area (TPSA) is 72.5 Å². The lowest BCUT2D eigenvalue weighted by Gasteiger charge is -2.16. The molecule has 0 aliphatic heterocycles. The second-order valence-electron chi connectivity index (χ2n) is 3.95. The molecule has 3 N–H and O–H groups in total. The fourth-order valence-corrected chi connectivity index (χ4v) is 1.96. The van der Waals surface area contributed by atoms with Crippen LogP contribution in [0.1, 0.15) is 11.1 Å². The Balaban J connectivity index is 2.35. The fourth-order valence-electron chi connectivity index (χ4n) is 1.96. The molecule has 15 heavy (non-hydrogen) atoms. The van der Waals surface area contributed by atoms with Crippen LogP contribution >= 0.6 is 0 Å². The summed E-state index contributed by atoms with van der Waals surface area (Å²) in [6.45, 7) is 0. The van der Waals surface area contributed by atoms with Gasteiger partial charge in [-0.3, -0.25) is 4.79 Å². The van der Waals surface area contributed by atoms with Crippen LogP contribution in [0.25, 0.3) is 0 Å². The molecule has 1 atom stereocenters. The fraction of sp³-hybridized carbons (Fsp3) is 0.364. The number of nitrogens with two attached hydrogens (primary N) is 1. The van der Waals surface area contributed by atoms with E-state index in [4.69, 9.17) is 15.6 Å². The maximum absolute atomic E-state index is 11.0. The largest absolute Gasteiger partial charge is 0.497 e. The van der Waals surface area contributed by atoms with Crippen molar-refractivity contribution in [2.24, 2.45) is 5.73 Å². The Kier molecular flexibility index (Phi) is 2.16. The van der Waals surface area contributed by atoms with Crippen LogP contribution in [0.15, 0.2) is 18.2 Å². The molecule has 0 unspecified atom stereocenters. The van der Waals surface area contributed by atoms with Gasteiger partial charge in [0.2, 0.25) is 0 Å². The lowest BCUT2D eigenvalue weighted by Crippen LogP contribution is -2.48. The number of rotatable bonds is 2. The van der Waals surface area contributed by atoms with Gasteiger partial charge in [-0.25, -0.2) is 0 Å². The lowest BCUT2D eigenvalue weighted by molar-refractivity contribution is -0.142. The minimum absolute atomic E-state index is 0.370. The van der Waals surface area contributed by atoms with Crippen LogP contribution in [-0.4, -0.2) is 23.7 Å². The number of aliphatic carboxylic acids is 1. The van der Waals surface area contributed by atoms with E-state index in [0.717, 1.165) is 16.9 Å². The van der Waals surface area contributed by atoms with E-state index >= 15 is 0 Å². The van der Waals surface area contributed by atoms with Crippen molar-refractivity contribution in [1.29, 1.82) is 0 Å². The van der Waals surface area contributed by atoms with Crippen LogP contribution in [0, 0.1) is 0 Å². The van der Waals surface area contributed by atoms with Crippen LogP contribution in [0.4, 0.5) is 0 Å². The minimum atomic E-state index is -1.14. The molecule has 0 saturated carbocycles. The van der Waals surface area contributed by atoms with E-state index in [0.29, 0.717) is 12.8 Å². The van der Waals surface area contributed by atoms with E-state index in [1.807, 2.05) is 18.2 Å². The predicted molar refractivity (Wildman–Crippen MR) is 55.0 cm³/mol. The summed E-state index contributed by atoms with van der Waals surface area (Å²) in [4.78, 5) is 11.0. The first-order chi connectivity index (χ1) is 7.05. The van der Waals surface area contributed by atoms with Gasteiger partial charge in [-0.15, -0.1) is 0 Å². The Labute approximate surface area is 87.7 Å². The average Bonchev–Trinajstić information content (AvgIpc) is 2.54. The van der Waals surface area contributed by atoms with Crippen molar-refractivity contribution < 1.29 is 14.6 Å². The number of hydrogen-bond donors (Lipinski definition) is 2. The number of hydrogen-bond acceptors (Lipinski definition) is 3. The van der Waals surface area contributed by atoms with Crippen LogP contribution < -0.4 is 10.5 Å². The first-order valence-corrected chi connectivity index (χ1v) is 4.73. The van der Waals surface area contributed by atoms with Crippen LogP contribution in [-0.2, 0) is 17.6 Å². The van der Waals surface area contributed by atoms with Gasteiger partial charge >= 0.3 is 5.97 Å². The minimum Gasteiger partial charge on any atom is -0.497 e. The molecule has 2 rings (SSSR count).